The highest BCUT2D eigenvalue weighted by molar-refractivity contribution is 5.02. The van der Waals surface area contributed by atoms with Crippen molar-refractivity contribution in [3.05, 3.63) is 24.2 Å². The first kappa shape index (κ1) is 9.74. The van der Waals surface area contributed by atoms with Crippen LogP contribution in [0.5, 0.6) is 0 Å². The molecule has 0 radical (unpaired) electrons. The lowest BCUT2D eigenvalue weighted by atomic mass is 10.2. The van der Waals surface area contributed by atoms with Gasteiger partial charge in [0.2, 0.25) is 0 Å². The number of hydrogen-bond donors (Lipinski definition) is 1. The topological polar surface area (TPSA) is 48.4 Å². The number of furan rings is 1. The third kappa shape index (κ3) is 2.16. The fraction of sp³-hybridized carbons (Fsp3) is 0.636. The molecular weight excluding hydrogens is 178 g/mol. The van der Waals surface area contributed by atoms with Crippen molar-refractivity contribution in [1.82, 2.24) is 0 Å². The first-order valence-corrected chi connectivity index (χ1v) is 5.29. The van der Waals surface area contributed by atoms with Gasteiger partial charge in [0.25, 0.3) is 0 Å². The Morgan fingerprint density at radius 2 is 2.29 bits per heavy atom. The second-order valence-corrected chi connectivity index (χ2v) is 3.78. The molecule has 1 aliphatic carbocycles. The molecule has 0 aromatic carbocycles. The molecule has 14 heavy (non-hydrogen) atoms. The Morgan fingerprint density at radius 3 is 2.86 bits per heavy atom. The molecular formula is C11H17NO2. The highest BCUT2D eigenvalue weighted by atomic mass is 16.5. The molecule has 1 aromatic heterocycles. The van der Waals surface area contributed by atoms with E-state index in [1.54, 1.807) is 6.26 Å². The Hall–Kier alpha value is -0.800. The Kier molecular flexibility index (Phi) is 3.22. The van der Waals surface area contributed by atoms with Crippen LogP contribution in [0.1, 0.15) is 37.5 Å². The van der Waals surface area contributed by atoms with Gasteiger partial charge in [-0.2, -0.15) is 0 Å². The number of nitrogens with two attached hydrogens (primary N) is 1. The highest BCUT2D eigenvalue weighted by Crippen LogP contribution is 2.27. The molecule has 0 saturated heterocycles. The van der Waals surface area contributed by atoms with Crippen LogP contribution in [0.3, 0.4) is 0 Å². The van der Waals surface area contributed by atoms with Gasteiger partial charge in [-0.15, -0.1) is 0 Å². The predicted molar refractivity (Wildman–Crippen MR) is 53.8 cm³/mol. The van der Waals surface area contributed by atoms with Crippen LogP contribution >= 0.6 is 0 Å². The van der Waals surface area contributed by atoms with Crippen molar-refractivity contribution in [2.45, 2.75) is 37.9 Å². The predicted octanol–water partition coefficient (Wildman–Crippen LogP) is 2.24. The summed E-state index contributed by atoms with van der Waals surface area (Å²) in [5.41, 5.74) is 5.66. The lowest BCUT2D eigenvalue weighted by Crippen LogP contribution is -2.20. The average Bonchev–Trinajstić information content (AvgIpc) is 2.86. The largest absolute Gasteiger partial charge is 0.467 e. The molecule has 1 atom stereocenters. The molecule has 1 fully saturated rings. The Balaban J connectivity index is 1.93. The third-order valence-electron chi connectivity index (χ3n) is 2.73. The maximum Gasteiger partial charge on any atom is 0.133 e. The van der Waals surface area contributed by atoms with Gasteiger partial charge in [0, 0.05) is 6.54 Å². The minimum absolute atomic E-state index is 0.0619. The van der Waals surface area contributed by atoms with E-state index in [1.807, 2.05) is 12.1 Å². The van der Waals surface area contributed by atoms with E-state index in [4.69, 9.17) is 14.9 Å². The van der Waals surface area contributed by atoms with Gasteiger partial charge in [-0.25, -0.2) is 0 Å². The van der Waals surface area contributed by atoms with Crippen molar-refractivity contribution in [3.8, 4) is 0 Å². The summed E-state index contributed by atoms with van der Waals surface area (Å²) in [7, 11) is 0. The van der Waals surface area contributed by atoms with Crippen LogP contribution in [0.2, 0.25) is 0 Å². The van der Waals surface area contributed by atoms with E-state index >= 15 is 0 Å². The van der Waals surface area contributed by atoms with Gasteiger partial charge in [0.1, 0.15) is 11.9 Å². The lowest BCUT2D eigenvalue weighted by Gasteiger charge is -2.18. The van der Waals surface area contributed by atoms with Crippen molar-refractivity contribution in [3.63, 3.8) is 0 Å². The molecule has 1 aromatic rings. The SMILES string of the molecule is NCC(OC1CCCC1)c1ccco1. The van der Waals surface area contributed by atoms with Crippen molar-refractivity contribution in [1.29, 1.82) is 0 Å². The van der Waals surface area contributed by atoms with Crippen LogP contribution < -0.4 is 5.73 Å². The second kappa shape index (κ2) is 4.62. The van der Waals surface area contributed by atoms with Crippen LogP contribution in [0, 0.1) is 0 Å². The zero-order chi connectivity index (χ0) is 9.80. The van der Waals surface area contributed by atoms with Crippen LogP contribution in [0.4, 0.5) is 0 Å². The van der Waals surface area contributed by atoms with Crippen molar-refractivity contribution in [2.24, 2.45) is 5.73 Å². The first-order chi connectivity index (χ1) is 6.90. The summed E-state index contributed by atoms with van der Waals surface area (Å²) in [6.07, 6.45) is 6.87. The molecule has 1 unspecified atom stereocenters. The van der Waals surface area contributed by atoms with Gasteiger partial charge < -0.3 is 14.9 Å². The lowest BCUT2D eigenvalue weighted by molar-refractivity contribution is -0.0152. The van der Waals surface area contributed by atoms with Gasteiger partial charge in [0.05, 0.1) is 12.4 Å². The maximum atomic E-state index is 5.89. The summed E-state index contributed by atoms with van der Waals surface area (Å²) in [5, 5.41) is 0. The molecule has 0 bridgehead atoms. The Morgan fingerprint density at radius 1 is 1.50 bits per heavy atom. The highest BCUT2D eigenvalue weighted by Gasteiger charge is 2.22. The van der Waals surface area contributed by atoms with E-state index in [9.17, 15) is 0 Å². The van der Waals surface area contributed by atoms with E-state index < -0.39 is 0 Å². The normalized spacial score (nSPS) is 20.1. The summed E-state index contributed by atoms with van der Waals surface area (Å²) >= 11 is 0. The molecule has 78 valence electrons. The third-order valence-corrected chi connectivity index (χ3v) is 2.73. The van der Waals surface area contributed by atoms with Gasteiger partial charge in [-0.3, -0.25) is 0 Å². The molecule has 2 N–H and O–H groups in total. The molecule has 1 heterocycles. The fourth-order valence-electron chi connectivity index (χ4n) is 1.97. The van der Waals surface area contributed by atoms with Crippen molar-refractivity contribution >= 4 is 0 Å². The zero-order valence-corrected chi connectivity index (χ0v) is 8.32. The maximum absolute atomic E-state index is 5.89. The monoisotopic (exact) mass is 195 g/mol. The van der Waals surface area contributed by atoms with E-state index in [0.717, 1.165) is 18.6 Å². The van der Waals surface area contributed by atoms with Gasteiger partial charge >= 0.3 is 0 Å². The Bertz CT molecular complexity index is 252. The van der Waals surface area contributed by atoms with Crippen LogP contribution in [-0.4, -0.2) is 12.6 Å². The van der Waals surface area contributed by atoms with E-state index in [1.165, 1.54) is 12.8 Å². The van der Waals surface area contributed by atoms with Gasteiger partial charge in [-0.05, 0) is 25.0 Å². The van der Waals surface area contributed by atoms with Gasteiger partial charge in [0.15, 0.2) is 0 Å². The number of rotatable bonds is 4. The molecule has 0 amide bonds. The molecule has 1 aliphatic rings. The van der Waals surface area contributed by atoms with E-state index in [2.05, 4.69) is 0 Å². The number of hydrogen-bond acceptors (Lipinski definition) is 3. The van der Waals surface area contributed by atoms with Crippen LogP contribution in [0.15, 0.2) is 22.8 Å². The molecule has 0 aliphatic heterocycles. The standard InChI is InChI=1S/C11H17NO2/c12-8-11(10-6-3-7-13-10)14-9-4-1-2-5-9/h3,6-7,9,11H,1-2,4-5,8,12H2. The minimum atomic E-state index is -0.0619. The molecule has 1 saturated carbocycles. The van der Waals surface area contributed by atoms with Crippen LogP contribution in [0.25, 0.3) is 0 Å². The van der Waals surface area contributed by atoms with Crippen molar-refractivity contribution in [2.75, 3.05) is 6.54 Å². The van der Waals surface area contributed by atoms with Gasteiger partial charge in [-0.1, -0.05) is 12.8 Å². The minimum Gasteiger partial charge on any atom is -0.467 e. The molecule has 2 rings (SSSR count). The Labute approximate surface area is 84.2 Å². The summed E-state index contributed by atoms with van der Waals surface area (Å²) in [6, 6.07) is 3.79. The zero-order valence-electron chi connectivity index (χ0n) is 8.32. The smallest absolute Gasteiger partial charge is 0.133 e. The van der Waals surface area contributed by atoms with E-state index in [-0.39, 0.29) is 6.10 Å². The van der Waals surface area contributed by atoms with Crippen LogP contribution in [-0.2, 0) is 4.74 Å². The summed E-state index contributed by atoms with van der Waals surface area (Å²) in [5.74, 6) is 0.847. The second-order valence-electron chi connectivity index (χ2n) is 3.78. The molecule has 3 heteroatoms. The molecule has 0 spiro atoms. The summed E-state index contributed by atoms with van der Waals surface area (Å²) < 4.78 is 11.2. The summed E-state index contributed by atoms with van der Waals surface area (Å²) in [6.45, 7) is 0.490. The fourth-order valence-corrected chi connectivity index (χ4v) is 1.97. The number of ether oxygens (including phenoxy) is 1. The summed E-state index contributed by atoms with van der Waals surface area (Å²) in [4.78, 5) is 0. The van der Waals surface area contributed by atoms with E-state index in [0.29, 0.717) is 12.6 Å². The first-order valence-electron chi connectivity index (χ1n) is 5.29. The average molecular weight is 195 g/mol. The quantitative estimate of drug-likeness (QED) is 0.801. The molecule has 3 nitrogen and oxygen atoms in total. The van der Waals surface area contributed by atoms with Crippen molar-refractivity contribution < 1.29 is 9.15 Å².